The largest absolute Gasteiger partial charge is 0.475 e. The van der Waals surface area contributed by atoms with Gasteiger partial charge in [-0.25, -0.2) is 4.98 Å². The molecule has 0 bridgehead atoms. The van der Waals surface area contributed by atoms with E-state index in [4.69, 9.17) is 21.1 Å². The summed E-state index contributed by atoms with van der Waals surface area (Å²) in [7, 11) is 0. The molecule has 0 unspecified atom stereocenters. The van der Waals surface area contributed by atoms with Gasteiger partial charge in [-0.15, -0.1) is 0 Å². The molecule has 0 radical (unpaired) electrons. The fraction of sp³-hybridized carbons (Fsp3) is 0.500. The number of hydrogen-bond acceptors (Lipinski definition) is 3. The number of rotatable bonds is 5. The maximum absolute atomic E-state index is 12.4. The first-order valence-electron chi connectivity index (χ1n) is 4.89. The zero-order valence-corrected chi connectivity index (χ0v) is 9.81. The molecule has 0 atom stereocenters. The van der Waals surface area contributed by atoms with E-state index in [1.807, 2.05) is 0 Å². The van der Waals surface area contributed by atoms with Crippen molar-refractivity contribution in [1.29, 1.82) is 0 Å². The predicted molar refractivity (Wildman–Crippen MR) is 56.2 cm³/mol. The van der Waals surface area contributed by atoms with Crippen LogP contribution in [0.2, 0.25) is 5.15 Å². The summed E-state index contributed by atoms with van der Waals surface area (Å²) in [4.78, 5) is 3.63. The van der Waals surface area contributed by atoms with E-state index >= 15 is 0 Å². The maximum Gasteiger partial charge on any atom is 0.416 e. The number of ether oxygens (including phenoxy) is 2. The van der Waals surface area contributed by atoms with Gasteiger partial charge in [0.2, 0.25) is 5.88 Å². The van der Waals surface area contributed by atoms with Crippen LogP contribution in [0.5, 0.6) is 5.88 Å². The summed E-state index contributed by atoms with van der Waals surface area (Å²) < 4.78 is 47.3. The Morgan fingerprint density at radius 1 is 1.29 bits per heavy atom. The highest BCUT2D eigenvalue weighted by atomic mass is 35.5. The van der Waals surface area contributed by atoms with Crippen LogP contribution in [0.15, 0.2) is 12.1 Å². The average molecular weight is 270 g/mol. The van der Waals surface area contributed by atoms with Gasteiger partial charge in [-0.05, 0) is 13.0 Å². The summed E-state index contributed by atoms with van der Waals surface area (Å²) >= 11 is 5.47. The second-order valence-electron chi connectivity index (χ2n) is 3.06. The van der Waals surface area contributed by atoms with E-state index in [0.717, 1.165) is 12.1 Å². The smallest absolute Gasteiger partial charge is 0.416 e. The average Bonchev–Trinajstić information content (AvgIpc) is 2.22. The lowest BCUT2D eigenvalue weighted by Gasteiger charge is -2.10. The number of aromatic nitrogens is 1. The van der Waals surface area contributed by atoms with Crippen molar-refractivity contribution in [2.75, 3.05) is 19.8 Å². The van der Waals surface area contributed by atoms with Crippen LogP contribution < -0.4 is 4.74 Å². The molecule has 0 aliphatic heterocycles. The molecule has 1 aromatic heterocycles. The maximum atomic E-state index is 12.4. The van der Waals surface area contributed by atoms with Crippen LogP contribution in [0.25, 0.3) is 0 Å². The number of hydrogen-bond donors (Lipinski definition) is 0. The normalized spacial score (nSPS) is 11.6. The van der Waals surface area contributed by atoms with Crippen LogP contribution in [0, 0.1) is 0 Å². The first kappa shape index (κ1) is 14.1. The molecule has 0 saturated carbocycles. The first-order chi connectivity index (χ1) is 7.93. The zero-order valence-electron chi connectivity index (χ0n) is 9.05. The van der Waals surface area contributed by atoms with Crippen molar-refractivity contribution in [2.24, 2.45) is 0 Å². The third-order valence-electron chi connectivity index (χ3n) is 1.78. The zero-order chi connectivity index (χ0) is 12.9. The molecule has 3 nitrogen and oxygen atoms in total. The van der Waals surface area contributed by atoms with E-state index in [-0.39, 0.29) is 24.2 Å². The fourth-order valence-electron chi connectivity index (χ4n) is 1.06. The van der Waals surface area contributed by atoms with Crippen LogP contribution in [0.1, 0.15) is 12.5 Å². The van der Waals surface area contributed by atoms with Crippen molar-refractivity contribution in [2.45, 2.75) is 13.1 Å². The van der Waals surface area contributed by atoms with Crippen LogP contribution in [-0.2, 0) is 10.9 Å². The summed E-state index contributed by atoms with van der Waals surface area (Å²) in [6, 6.07) is 1.55. The second kappa shape index (κ2) is 6.07. The standard InChI is InChI=1S/C10H11ClF3NO2/c1-2-16-3-4-17-9-6-7(10(12,13)14)5-8(11)15-9/h5-6H,2-4H2,1H3. The Kier molecular flexibility index (Phi) is 5.02. The minimum atomic E-state index is -4.47. The van der Waals surface area contributed by atoms with Gasteiger partial charge in [0.25, 0.3) is 0 Å². The SMILES string of the molecule is CCOCCOc1cc(C(F)(F)F)cc(Cl)n1. The Morgan fingerprint density at radius 3 is 2.59 bits per heavy atom. The molecule has 1 aromatic rings. The van der Waals surface area contributed by atoms with Crippen LogP contribution >= 0.6 is 11.6 Å². The molecule has 96 valence electrons. The molecular formula is C10H11ClF3NO2. The second-order valence-corrected chi connectivity index (χ2v) is 3.45. The van der Waals surface area contributed by atoms with E-state index in [0.29, 0.717) is 6.61 Å². The summed E-state index contributed by atoms with van der Waals surface area (Å²) in [5.41, 5.74) is -0.885. The molecule has 1 heterocycles. The summed E-state index contributed by atoms with van der Waals surface area (Å²) in [6.45, 7) is 2.73. The fourth-order valence-corrected chi connectivity index (χ4v) is 1.26. The number of nitrogens with zero attached hydrogens (tertiary/aromatic N) is 1. The summed E-state index contributed by atoms with van der Waals surface area (Å²) in [5.74, 6) is -0.162. The molecule has 0 N–H and O–H groups in total. The predicted octanol–water partition coefficient (Wildman–Crippen LogP) is 3.17. The lowest BCUT2D eigenvalue weighted by molar-refractivity contribution is -0.137. The molecular weight excluding hydrogens is 259 g/mol. The Bertz CT molecular complexity index is 371. The van der Waals surface area contributed by atoms with Gasteiger partial charge in [0.15, 0.2) is 0 Å². The highest BCUT2D eigenvalue weighted by Gasteiger charge is 2.31. The molecule has 0 aliphatic carbocycles. The molecule has 7 heteroatoms. The van der Waals surface area contributed by atoms with Gasteiger partial charge in [-0.3, -0.25) is 0 Å². The van der Waals surface area contributed by atoms with Gasteiger partial charge in [-0.1, -0.05) is 11.6 Å². The van der Waals surface area contributed by atoms with Gasteiger partial charge >= 0.3 is 6.18 Å². The topological polar surface area (TPSA) is 31.4 Å². The van der Waals surface area contributed by atoms with Crippen molar-refractivity contribution in [1.82, 2.24) is 4.98 Å². The van der Waals surface area contributed by atoms with Gasteiger partial charge in [0, 0.05) is 12.7 Å². The molecule has 0 aromatic carbocycles. The third-order valence-corrected chi connectivity index (χ3v) is 1.97. The van der Waals surface area contributed by atoms with Crippen LogP contribution in [-0.4, -0.2) is 24.8 Å². The Balaban J connectivity index is 2.69. The Labute approximate surface area is 102 Å². The highest BCUT2D eigenvalue weighted by Crippen LogP contribution is 2.32. The van der Waals surface area contributed by atoms with E-state index in [9.17, 15) is 13.2 Å². The van der Waals surface area contributed by atoms with E-state index in [1.54, 1.807) is 6.92 Å². The highest BCUT2D eigenvalue weighted by molar-refractivity contribution is 6.29. The molecule has 0 aliphatic rings. The van der Waals surface area contributed by atoms with Crippen LogP contribution in [0.3, 0.4) is 0 Å². The van der Waals surface area contributed by atoms with Crippen molar-refractivity contribution in [3.05, 3.63) is 22.8 Å². The van der Waals surface area contributed by atoms with Crippen molar-refractivity contribution >= 4 is 11.6 Å². The lowest BCUT2D eigenvalue weighted by atomic mass is 10.2. The molecule has 0 saturated heterocycles. The van der Waals surface area contributed by atoms with Crippen molar-refractivity contribution in [3.63, 3.8) is 0 Å². The number of halogens is 4. The Hall–Kier alpha value is -1.01. The molecule has 1 rings (SSSR count). The van der Waals surface area contributed by atoms with Gasteiger partial charge in [0.1, 0.15) is 11.8 Å². The molecule has 17 heavy (non-hydrogen) atoms. The minimum absolute atomic E-state index is 0.123. The van der Waals surface area contributed by atoms with E-state index in [2.05, 4.69) is 4.98 Å². The van der Waals surface area contributed by atoms with Gasteiger partial charge < -0.3 is 9.47 Å². The third kappa shape index (κ3) is 4.79. The van der Waals surface area contributed by atoms with Gasteiger partial charge in [-0.2, -0.15) is 13.2 Å². The van der Waals surface area contributed by atoms with E-state index in [1.165, 1.54) is 0 Å². The molecule has 0 spiro atoms. The first-order valence-corrected chi connectivity index (χ1v) is 5.26. The molecule has 0 fully saturated rings. The summed E-state index contributed by atoms with van der Waals surface area (Å²) in [5, 5.41) is -0.258. The lowest BCUT2D eigenvalue weighted by Crippen LogP contribution is -2.10. The van der Waals surface area contributed by atoms with Crippen molar-refractivity contribution in [3.8, 4) is 5.88 Å². The number of alkyl halides is 3. The van der Waals surface area contributed by atoms with Gasteiger partial charge in [0.05, 0.1) is 12.2 Å². The molecule has 0 amide bonds. The minimum Gasteiger partial charge on any atom is -0.475 e. The monoisotopic (exact) mass is 269 g/mol. The number of pyridine rings is 1. The van der Waals surface area contributed by atoms with E-state index < -0.39 is 11.7 Å². The van der Waals surface area contributed by atoms with Crippen LogP contribution in [0.4, 0.5) is 13.2 Å². The quantitative estimate of drug-likeness (QED) is 0.608. The van der Waals surface area contributed by atoms with Crippen molar-refractivity contribution < 1.29 is 22.6 Å². The Morgan fingerprint density at radius 2 is 2.00 bits per heavy atom. The summed E-state index contributed by atoms with van der Waals surface area (Å²) in [6.07, 6.45) is -4.47.